The van der Waals surface area contributed by atoms with Crippen LogP contribution in [0.2, 0.25) is 5.02 Å². The molecular formula is C19H23ClLiN3O6S. The molecule has 9 nitrogen and oxygen atoms in total. The Bertz CT molecular complexity index is 1070. The van der Waals surface area contributed by atoms with Crippen LogP contribution < -0.4 is 0 Å². The van der Waals surface area contributed by atoms with Crippen molar-refractivity contribution in [3.63, 3.8) is 0 Å². The van der Waals surface area contributed by atoms with Gasteiger partial charge in [-0.15, -0.1) is 0 Å². The molecule has 1 aliphatic heterocycles. The number of hydrogen-bond acceptors (Lipinski definition) is 6. The Morgan fingerprint density at radius 3 is 2.48 bits per heavy atom. The maximum atomic E-state index is 13.2. The molecule has 12 heteroatoms. The summed E-state index contributed by atoms with van der Waals surface area (Å²) in [4.78, 5) is 24.9. The van der Waals surface area contributed by atoms with Crippen LogP contribution in [0.5, 0.6) is 0 Å². The number of hydrogen-bond donors (Lipinski definition) is 1. The molecule has 1 saturated heterocycles. The average molecular weight is 464 g/mol. The Hall–Kier alpha value is -1.99. The quantitative estimate of drug-likeness (QED) is 0.689. The number of nitrogens with zero attached hydrogens (tertiary/aromatic N) is 3. The van der Waals surface area contributed by atoms with E-state index < -0.39 is 38.8 Å². The number of aromatic nitrogens is 2. The molecule has 2 aromatic rings. The number of ether oxygens (including phenoxy) is 1. The normalized spacial score (nSPS) is 19.0. The van der Waals surface area contributed by atoms with E-state index in [1.54, 1.807) is 45.3 Å². The molecule has 1 aromatic carbocycles. The summed E-state index contributed by atoms with van der Waals surface area (Å²) in [5.41, 5.74) is -0.267. The van der Waals surface area contributed by atoms with Crippen LogP contribution in [0.15, 0.2) is 41.6 Å². The van der Waals surface area contributed by atoms with E-state index in [4.69, 9.17) is 16.3 Å². The van der Waals surface area contributed by atoms with Gasteiger partial charge < -0.3 is 9.84 Å². The molecular weight excluding hydrogens is 441 g/mol. The number of halogens is 1. The predicted octanol–water partition coefficient (Wildman–Crippen LogP) is 2.11. The zero-order valence-electron chi connectivity index (χ0n) is 16.6. The third-order valence-corrected chi connectivity index (χ3v) is 7.22. The molecule has 0 saturated carbocycles. The summed E-state index contributed by atoms with van der Waals surface area (Å²) in [6, 6.07) is 4.80. The number of aliphatic carboxylic acids is 1. The van der Waals surface area contributed by atoms with Crippen LogP contribution in [0, 0.1) is 0 Å². The second-order valence-electron chi connectivity index (χ2n) is 7.95. The van der Waals surface area contributed by atoms with Crippen LogP contribution in [0.25, 0.3) is 5.69 Å². The van der Waals surface area contributed by atoms with E-state index in [1.807, 2.05) is 0 Å². The fraction of sp³-hybridized carbons (Fsp3) is 0.421. The Morgan fingerprint density at radius 1 is 1.29 bits per heavy atom. The molecule has 0 unspecified atom stereocenters. The van der Waals surface area contributed by atoms with Crippen LogP contribution in [0.3, 0.4) is 0 Å². The van der Waals surface area contributed by atoms with Gasteiger partial charge in [-0.05, 0) is 51.5 Å². The number of carbonyl (C=O) groups is 2. The van der Waals surface area contributed by atoms with Gasteiger partial charge in [0.05, 0.1) is 20.9 Å². The third-order valence-electron chi connectivity index (χ3n) is 4.61. The van der Waals surface area contributed by atoms with E-state index >= 15 is 0 Å². The summed E-state index contributed by atoms with van der Waals surface area (Å²) in [5, 5.41) is 12.4. The number of likely N-dealkylation sites (tertiary alicyclic amines) is 1. The van der Waals surface area contributed by atoms with Gasteiger partial charge in [-0.2, -0.15) is 5.10 Å². The third kappa shape index (κ3) is 5.44. The van der Waals surface area contributed by atoms with Gasteiger partial charge in [0, 0.05) is 18.9 Å². The number of rotatable bonds is 4. The minimum atomic E-state index is -4.01. The zero-order valence-corrected chi connectivity index (χ0v) is 18.2. The van der Waals surface area contributed by atoms with E-state index in [0.717, 1.165) is 4.90 Å². The molecule has 2 heterocycles. The Balaban J connectivity index is 0.00000341. The number of sulfone groups is 1. The summed E-state index contributed by atoms with van der Waals surface area (Å²) in [6.07, 6.45) is 2.14. The van der Waals surface area contributed by atoms with Crippen LogP contribution in [-0.2, 0) is 19.4 Å². The van der Waals surface area contributed by atoms with Gasteiger partial charge in [-0.1, -0.05) is 11.6 Å². The van der Waals surface area contributed by atoms with Crippen molar-refractivity contribution in [2.24, 2.45) is 0 Å². The fourth-order valence-corrected chi connectivity index (χ4v) is 5.48. The molecule has 0 aliphatic carbocycles. The van der Waals surface area contributed by atoms with Gasteiger partial charge in [0.2, 0.25) is 0 Å². The van der Waals surface area contributed by atoms with Gasteiger partial charge in [-0.25, -0.2) is 22.7 Å². The van der Waals surface area contributed by atoms with E-state index in [1.165, 1.54) is 16.8 Å². The van der Waals surface area contributed by atoms with E-state index in [2.05, 4.69) is 5.10 Å². The van der Waals surface area contributed by atoms with Crippen molar-refractivity contribution in [1.82, 2.24) is 14.7 Å². The number of amides is 1. The first kappa shape index (κ1) is 25.3. The molecule has 1 aromatic heterocycles. The van der Waals surface area contributed by atoms with Crippen LogP contribution in [0.1, 0.15) is 27.2 Å². The molecule has 1 N–H and O–H groups in total. The van der Waals surface area contributed by atoms with Crippen molar-refractivity contribution in [3.8, 4) is 5.69 Å². The van der Waals surface area contributed by atoms with Crippen LogP contribution >= 0.6 is 11.6 Å². The Labute approximate surface area is 197 Å². The molecule has 2 atom stereocenters. The molecule has 31 heavy (non-hydrogen) atoms. The van der Waals surface area contributed by atoms with Gasteiger partial charge in [0.1, 0.15) is 11.6 Å². The van der Waals surface area contributed by atoms with Crippen molar-refractivity contribution in [1.29, 1.82) is 0 Å². The molecule has 0 radical (unpaired) electrons. The van der Waals surface area contributed by atoms with E-state index in [0.29, 0.717) is 5.69 Å². The van der Waals surface area contributed by atoms with Crippen LogP contribution in [0.4, 0.5) is 4.79 Å². The second-order valence-corrected chi connectivity index (χ2v) is 10.6. The SMILES string of the molecule is CC(C)(C)OC(=O)N1C[C@H](S(=O)(=O)c2ccc(-n3cccn3)cc2Cl)C[C@H]1C(=O)O.[LiH]. The van der Waals surface area contributed by atoms with Gasteiger partial charge in [0.15, 0.2) is 9.84 Å². The summed E-state index contributed by atoms with van der Waals surface area (Å²) in [6.45, 7) is 4.63. The molecule has 3 rings (SSSR count). The van der Waals surface area contributed by atoms with Gasteiger partial charge in [-0.3, -0.25) is 4.90 Å². The number of benzene rings is 1. The monoisotopic (exact) mass is 463 g/mol. The van der Waals surface area contributed by atoms with Gasteiger partial charge >= 0.3 is 30.9 Å². The first-order valence-electron chi connectivity index (χ1n) is 9.16. The van der Waals surface area contributed by atoms with Crippen molar-refractivity contribution in [2.75, 3.05) is 6.54 Å². The molecule has 1 amide bonds. The Morgan fingerprint density at radius 2 is 1.97 bits per heavy atom. The molecule has 0 bridgehead atoms. The first-order chi connectivity index (χ1) is 13.9. The fourth-order valence-electron chi connectivity index (χ4n) is 3.24. The first-order valence-corrected chi connectivity index (χ1v) is 11.1. The number of carbonyl (C=O) groups excluding carboxylic acids is 1. The van der Waals surface area contributed by atoms with E-state index in [-0.39, 0.29) is 41.7 Å². The summed E-state index contributed by atoms with van der Waals surface area (Å²) >= 11 is 6.25. The van der Waals surface area contributed by atoms with Crippen molar-refractivity contribution in [3.05, 3.63) is 41.7 Å². The summed E-state index contributed by atoms with van der Waals surface area (Å²) in [5.74, 6) is -1.29. The molecule has 1 aliphatic rings. The minimum absolute atomic E-state index is 0. The van der Waals surface area contributed by atoms with Crippen LogP contribution in [-0.4, -0.2) is 82.6 Å². The molecule has 164 valence electrons. The predicted molar refractivity (Wildman–Crippen MR) is 116 cm³/mol. The summed E-state index contributed by atoms with van der Waals surface area (Å²) < 4.78 is 33.2. The zero-order chi connectivity index (χ0) is 22.3. The maximum absolute atomic E-state index is 13.2. The molecule has 1 fully saturated rings. The molecule has 0 spiro atoms. The van der Waals surface area contributed by atoms with Crippen molar-refractivity contribution >= 4 is 52.4 Å². The summed E-state index contributed by atoms with van der Waals surface area (Å²) in [7, 11) is -4.01. The second kappa shape index (κ2) is 9.24. The number of carboxylic acids is 1. The topological polar surface area (TPSA) is 119 Å². The number of carboxylic acid groups (broad SMARTS) is 1. The van der Waals surface area contributed by atoms with E-state index in [9.17, 15) is 23.1 Å². The Kier molecular flexibility index (Phi) is 7.54. The van der Waals surface area contributed by atoms with Gasteiger partial charge in [0.25, 0.3) is 0 Å². The average Bonchev–Trinajstić information content (AvgIpc) is 3.30. The van der Waals surface area contributed by atoms with Crippen molar-refractivity contribution < 1.29 is 27.9 Å². The van der Waals surface area contributed by atoms with Crippen molar-refractivity contribution in [2.45, 2.75) is 49.0 Å². The standard InChI is InChI=1S/C19H22ClN3O6S.Li.H/c1-19(2,3)29-18(26)22-11-13(10-15(22)17(24)25)30(27,28)16-6-5-12(9-14(16)20)23-8-4-7-21-23;;/h4-9,13,15H,10-11H2,1-3H3,(H,24,25);;/t13-,15+;;/m1../s1.